The maximum Gasteiger partial charge on any atom is 0.416 e. The molecule has 0 bridgehead atoms. The molecule has 29 heavy (non-hydrogen) atoms. The van der Waals surface area contributed by atoms with Gasteiger partial charge in [-0.25, -0.2) is 4.98 Å². The van der Waals surface area contributed by atoms with E-state index < -0.39 is 29.2 Å². The molecule has 1 aromatic heterocycles. The highest BCUT2D eigenvalue weighted by atomic mass is 19.4. The van der Waals surface area contributed by atoms with E-state index in [1.165, 1.54) is 12.1 Å². The quantitative estimate of drug-likeness (QED) is 0.624. The van der Waals surface area contributed by atoms with Gasteiger partial charge in [0.15, 0.2) is 11.5 Å². The minimum Gasteiger partial charge on any atom is -0.502 e. The lowest BCUT2D eigenvalue weighted by Crippen LogP contribution is -2.10. The van der Waals surface area contributed by atoms with Gasteiger partial charge in [0.1, 0.15) is 5.82 Å². The van der Waals surface area contributed by atoms with Gasteiger partial charge in [-0.05, 0) is 24.1 Å². The first-order valence-electron chi connectivity index (χ1n) is 8.67. The molecule has 150 valence electrons. The average molecular weight is 402 g/mol. The van der Waals surface area contributed by atoms with Gasteiger partial charge in [-0.2, -0.15) is 18.2 Å². The maximum absolute atomic E-state index is 12.9. The molecule has 8 heteroatoms. The molecule has 0 unspecified atom stereocenters. The zero-order valence-corrected chi connectivity index (χ0v) is 15.4. The first-order chi connectivity index (χ1) is 13.6. The molecule has 5 nitrogen and oxygen atoms in total. The molecule has 0 spiro atoms. The summed E-state index contributed by atoms with van der Waals surface area (Å²) >= 11 is 0. The van der Waals surface area contributed by atoms with E-state index in [0.29, 0.717) is 5.56 Å². The van der Waals surface area contributed by atoms with Crippen molar-refractivity contribution in [3.8, 4) is 11.6 Å². The molecule has 0 atom stereocenters. The van der Waals surface area contributed by atoms with Crippen molar-refractivity contribution in [1.82, 2.24) is 9.97 Å². The van der Waals surface area contributed by atoms with Gasteiger partial charge >= 0.3 is 6.18 Å². The van der Waals surface area contributed by atoms with Gasteiger partial charge in [0.25, 0.3) is 5.88 Å². The number of aromatic hydroxyl groups is 2. The number of benzene rings is 2. The summed E-state index contributed by atoms with van der Waals surface area (Å²) in [5.74, 6) is -2.17. The molecule has 0 saturated heterocycles. The number of Topliss-reactive ketones (excluding diaryl/α,β-unsaturated/α-hetero) is 1. The van der Waals surface area contributed by atoms with E-state index in [0.717, 1.165) is 17.7 Å². The highest BCUT2D eigenvalue weighted by Gasteiger charge is 2.30. The maximum atomic E-state index is 12.9. The van der Waals surface area contributed by atoms with E-state index in [9.17, 15) is 28.2 Å². The number of ketones is 1. The van der Waals surface area contributed by atoms with Gasteiger partial charge in [-0.15, -0.1) is 0 Å². The number of carbonyl (C=O) groups excluding carboxylic acids is 1. The van der Waals surface area contributed by atoms with Gasteiger partial charge in [0, 0.05) is 12.8 Å². The van der Waals surface area contributed by atoms with Crippen molar-refractivity contribution in [2.75, 3.05) is 0 Å². The van der Waals surface area contributed by atoms with Crippen LogP contribution in [-0.4, -0.2) is 26.0 Å². The Bertz CT molecular complexity index is 1070. The van der Waals surface area contributed by atoms with E-state index in [4.69, 9.17) is 0 Å². The fraction of sp³-hybridized carbons (Fsp3) is 0.190. The molecule has 3 rings (SSSR count). The van der Waals surface area contributed by atoms with Crippen LogP contribution in [0.5, 0.6) is 11.6 Å². The third kappa shape index (κ3) is 4.90. The second kappa shape index (κ2) is 7.90. The lowest BCUT2D eigenvalue weighted by molar-refractivity contribution is -0.137. The van der Waals surface area contributed by atoms with Crippen LogP contribution in [0.4, 0.5) is 13.2 Å². The summed E-state index contributed by atoms with van der Waals surface area (Å²) in [5, 5.41) is 19.9. The van der Waals surface area contributed by atoms with E-state index in [1.807, 2.05) is 13.0 Å². The molecule has 3 aromatic rings. The first-order valence-corrected chi connectivity index (χ1v) is 8.67. The van der Waals surface area contributed by atoms with E-state index >= 15 is 0 Å². The Balaban J connectivity index is 1.89. The molecule has 0 aliphatic carbocycles. The number of carbonyl (C=O) groups is 1. The number of rotatable bonds is 5. The number of halogens is 3. The number of hydrogen-bond donors (Lipinski definition) is 2. The van der Waals surface area contributed by atoms with Crippen LogP contribution in [0.3, 0.4) is 0 Å². The van der Waals surface area contributed by atoms with Crippen LogP contribution < -0.4 is 0 Å². The number of alkyl halides is 3. The van der Waals surface area contributed by atoms with Crippen LogP contribution in [0.1, 0.15) is 38.6 Å². The number of nitrogens with zero attached hydrogens (tertiary/aromatic N) is 2. The Morgan fingerprint density at radius 2 is 1.69 bits per heavy atom. The normalized spacial score (nSPS) is 11.4. The van der Waals surface area contributed by atoms with Crippen molar-refractivity contribution in [3.63, 3.8) is 0 Å². The summed E-state index contributed by atoms with van der Waals surface area (Å²) in [4.78, 5) is 20.3. The van der Waals surface area contributed by atoms with Crippen LogP contribution in [0.15, 0.2) is 48.5 Å². The predicted octanol–water partition coefficient (Wildman–Crippen LogP) is 4.23. The molecule has 1 heterocycles. The molecule has 0 aliphatic rings. The standard InChI is InChI=1S/C21H17F3N2O3/c1-12-4-2-5-13(8-12)10-16(27)18-19(28)20(29)26-17(25-18)11-14-6-3-7-15(9-14)21(22,23)24/h2-9,28H,10-11H2,1H3,(H,25,26,29). The van der Waals surface area contributed by atoms with Gasteiger partial charge in [0.05, 0.1) is 5.56 Å². The van der Waals surface area contributed by atoms with Crippen LogP contribution >= 0.6 is 0 Å². The molecule has 0 radical (unpaired) electrons. The van der Waals surface area contributed by atoms with Crippen molar-refractivity contribution in [2.24, 2.45) is 0 Å². The highest BCUT2D eigenvalue weighted by molar-refractivity contribution is 5.98. The van der Waals surface area contributed by atoms with Gasteiger partial charge < -0.3 is 10.2 Å². The molecule has 0 amide bonds. The van der Waals surface area contributed by atoms with Gasteiger partial charge in [0.2, 0.25) is 5.75 Å². The third-order valence-corrected chi connectivity index (χ3v) is 4.24. The fourth-order valence-electron chi connectivity index (χ4n) is 2.89. The molecule has 0 aliphatic heterocycles. The number of aryl methyl sites for hydroxylation is 1. The van der Waals surface area contributed by atoms with Crippen LogP contribution in [0.2, 0.25) is 0 Å². The van der Waals surface area contributed by atoms with Crippen molar-refractivity contribution in [1.29, 1.82) is 0 Å². The van der Waals surface area contributed by atoms with Crippen molar-refractivity contribution >= 4 is 5.78 Å². The fourth-order valence-corrected chi connectivity index (χ4v) is 2.89. The zero-order valence-electron chi connectivity index (χ0n) is 15.4. The van der Waals surface area contributed by atoms with Crippen molar-refractivity contribution in [3.05, 3.63) is 82.3 Å². The highest BCUT2D eigenvalue weighted by Crippen LogP contribution is 2.31. The van der Waals surface area contributed by atoms with Crippen LogP contribution in [0, 0.1) is 6.92 Å². The Labute approximate surface area is 164 Å². The van der Waals surface area contributed by atoms with Gasteiger partial charge in [-0.1, -0.05) is 48.0 Å². The van der Waals surface area contributed by atoms with Crippen molar-refractivity contribution < 1.29 is 28.2 Å². The first kappa shape index (κ1) is 20.3. The number of hydrogen-bond acceptors (Lipinski definition) is 5. The smallest absolute Gasteiger partial charge is 0.416 e. The summed E-state index contributed by atoms with van der Waals surface area (Å²) in [6, 6.07) is 11.8. The number of aromatic nitrogens is 2. The Kier molecular flexibility index (Phi) is 5.54. The van der Waals surface area contributed by atoms with Crippen molar-refractivity contribution in [2.45, 2.75) is 25.9 Å². The average Bonchev–Trinajstić information content (AvgIpc) is 2.64. The summed E-state index contributed by atoms with van der Waals surface area (Å²) in [5.41, 5.74) is 0.707. The zero-order chi connectivity index (χ0) is 21.2. The Hall–Kier alpha value is -3.42. The molecule has 0 saturated carbocycles. The molecular formula is C21H17F3N2O3. The minimum atomic E-state index is -4.50. The summed E-state index contributed by atoms with van der Waals surface area (Å²) in [7, 11) is 0. The Morgan fingerprint density at radius 1 is 1.00 bits per heavy atom. The monoisotopic (exact) mass is 402 g/mol. The lowest BCUT2D eigenvalue weighted by atomic mass is 10.0. The summed E-state index contributed by atoms with van der Waals surface area (Å²) < 4.78 is 38.6. The largest absolute Gasteiger partial charge is 0.502 e. The second-order valence-corrected chi connectivity index (χ2v) is 6.62. The summed E-state index contributed by atoms with van der Waals surface area (Å²) in [6.07, 6.45) is -4.71. The predicted molar refractivity (Wildman–Crippen MR) is 98.8 cm³/mol. The van der Waals surface area contributed by atoms with E-state index in [1.54, 1.807) is 18.2 Å². The molecule has 0 fully saturated rings. The summed E-state index contributed by atoms with van der Waals surface area (Å²) in [6.45, 7) is 1.87. The SMILES string of the molecule is Cc1cccc(CC(=O)c2nc(Cc3cccc(C(F)(F)F)c3)nc(O)c2O)c1. The lowest BCUT2D eigenvalue weighted by Gasteiger charge is -2.10. The van der Waals surface area contributed by atoms with Gasteiger partial charge in [-0.3, -0.25) is 4.79 Å². The molecule has 2 aromatic carbocycles. The third-order valence-electron chi connectivity index (χ3n) is 4.24. The van der Waals surface area contributed by atoms with Crippen LogP contribution in [0.25, 0.3) is 0 Å². The molecule has 2 N–H and O–H groups in total. The minimum absolute atomic E-state index is 0.0608. The van der Waals surface area contributed by atoms with E-state index in [2.05, 4.69) is 9.97 Å². The molecular weight excluding hydrogens is 385 g/mol. The van der Waals surface area contributed by atoms with Crippen LogP contribution in [-0.2, 0) is 19.0 Å². The Morgan fingerprint density at radius 3 is 2.38 bits per heavy atom. The second-order valence-electron chi connectivity index (χ2n) is 6.62. The topological polar surface area (TPSA) is 83.3 Å². The van der Waals surface area contributed by atoms with E-state index in [-0.39, 0.29) is 29.9 Å².